The molecule has 1 unspecified atom stereocenters. The smallest absolute Gasteiger partial charge is 0.144 e. The number of hydrogen-bond donors (Lipinski definition) is 2. The lowest BCUT2D eigenvalue weighted by Gasteiger charge is -2.22. The molecule has 0 aromatic carbocycles. The Hall–Kier alpha value is -0.770. The van der Waals surface area contributed by atoms with Gasteiger partial charge in [-0.3, -0.25) is 0 Å². The lowest BCUT2D eigenvalue weighted by atomic mass is 9.86. The molecule has 0 aliphatic rings. The van der Waals surface area contributed by atoms with Gasteiger partial charge in [0.15, 0.2) is 0 Å². The van der Waals surface area contributed by atoms with Crippen LogP contribution in [0.15, 0.2) is 5.16 Å². The fourth-order valence-corrected chi connectivity index (χ4v) is 1.95. The summed E-state index contributed by atoms with van der Waals surface area (Å²) < 4.78 is 5.74. The molecular weight excluding hydrogens is 228 g/mol. The fraction of sp³-hybridized carbons (Fsp3) is 0.929. The maximum atomic E-state index is 8.67. The van der Waals surface area contributed by atoms with Crippen molar-refractivity contribution in [2.75, 3.05) is 6.61 Å². The van der Waals surface area contributed by atoms with Crippen molar-refractivity contribution >= 4 is 5.84 Å². The number of amidine groups is 1. The van der Waals surface area contributed by atoms with Gasteiger partial charge in [-0.2, -0.15) is 0 Å². The van der Waals surface area contributed by atoms with Gasteiger partial charge >= 0.3 is 0 Å². The first-order valence-corrected chi connectivity index (χ1v) is 6.89. The van der Waals surface area contributed by atoms with E-state index >= 15 is 0 Å². The molecule has 0 bridgehead atoms. The number of ether oxygens (including phenoxy) is 1. The predicted octanol–water partition coefficient (Wildman–Crippen LogP) is 3.38. The molecular formula is C14H30N2O2. The Morgan fingerprint density at radius 1 is 1.28 bits per heavy atom. The molecule has 0 amide bonds. The van der Waals surface area contributed by atoms with E-state index in [2.05, 4.69) is 25.9 Å². The Kier molecular flexibility index (Phi) is 8.00. The fourth-order valence-electron chi connectivity index (χ4n) is 1.95. The molecule has 0 aromatic rings. The Bertz CT molecular complexity index is 250. The van der Waals surface area contributed by atoms with Gasteiger partial charge in [0.05, 0.1) is 6.10 Å². The normalized spacial score (nSPS) is 15.1. The molecule has 0 aliphatic heterocycles. The van der Waals surface area contributed by atoms with Crippen LogP contribution >= 0.6 is 0 Å². The Balaban J connectivity index is 3.69. The van der Waals surface area contributed by atoms with Crippen molar-refractivity contribution in [2.45, 2.75) is 66.4 Å². The zero-order valence-electron chi connectivity index (χ0n) is 12.6. The summed E-state index contributed by atoms with van der Waals surface area (Å²) in [5.74, 6) is 0.982. The van der Waals surface area contributed by atoms with Crippen LogP contribution in [0.4, 0.5) is 0 Å². The zero-order valence-corrected chi connectivity index (χ0v) is 12.6. The minimum absolute atomic E-state index is 0.238. The summed E-state index contributed by atoms with van der Waals surface area (Å²) in [5.41, 5.74) is 5.40. The molecule has 0 radical (unpaired) electrons. The second kappa shape index (κ2) is 8.35. The van der Waals surface area contributed by atoms with E-state index in [0.717, 1.165) is 32.3 Å². The molecule has 0 saturated heterocycles. The summed E-state index contributed by atoms with van der Waals surface area (Å²) in [5, 5.41) is 11.8. The third-order valence-corrected chi connectivity index (χ3v) is 3.20. The number of oxime groups is 1. The largest absolute Gasteiger partial charge is 0.409 e. The van der Waals surface area contributed by atoms with Gasteiger partial charge in [0.2, 0.25) is 0 Å². The van der Waals surface area contributed by atoms with E-state index in [1.54, 1.807) is 0 Å². The summed E-state index contributed by atoms with van der Waals surface area (Å²) in [6.45, 7) is 11.3. The van der Waals surface area contributed by atoms with E-state index < -0.39 is 0 Å². The van der Waals surface area contributed by atoms with Crippen molar-refractivity contribution in [3.63, 3.8) is 0 Å². The lowest BCUT2D eigenvalue weighted by molar-refractivity contribution is 0.0488. The minimum Gasteiger partial charge on any atom is -0.409 e. The molecule has 18 heavy (non-hydrogen) atoms. The van der Waals surface area contributed by atoms with Gasteiger partial charge in [-0.1, -0.05) is 39.3 Å². The predicted molar refractivity (Wildman–Crippen MR) is 75.9 cm³/mol. The molecule has 0 fully saturated rings. The summed E-state index contributed by atoms with van der Waals surface area (Å²) in [4.78, 5) is 0. The Morgan fingerprint density at radius 3 is 2.39 bits per heavy atom. The molecule has 0 rings (SSSR count). The average Bonchev–Trinajstić information content (AvgIpc) is 2.26. The van der Waals surface area contributed by atoms with Crippen molar-refractivity contribution in [3.8, 4) is 0 Å². The second-order valence-electron chi connectivity index (χ2n) is 6.14. The van der Waals surface area contributed by atoms with Gasteiger partial charge in [0.1, 0.15) is 5.84 Å². The van der Waals surface area contributed by atoms with Crippen molar-refractivity contribution < 1.29 is 9.94 Å². The van der Waals surface area contributed by atoms with Crippen LogP contribution in [0.2, 0.25) is 0 Å². The highest BCUT2D eigenvalue weighted by Gasteiger charge is 2.22. The quantitative estimate of drug-likeness (QED) is 0.219. The van der Waals surface area contributed by atoms with Crippen molar-refractivity contribution in [1.29, 1.82) is 0 Å². The summed E-state index contributed by atoms with van der Waals surface area (Å²) in [6.07, 6.45) is 4.39. The van der Waals surface area contributed by atoms with E-state index in [9.17, 15) is 0 Å². The average molecular weight is 258 g/mol. The standard InChI is InChI=1S/C14H30N2O2/c1-11(2)10-12(3)18-9-7-6-8-14(4,5)13(15)16-17/h11-12,17H,6-10H2,1-5H3,(H2,15,16). The molecule has 0 saturated carbocycles. The van der Waals surface area contributed by atoms with Crippen LogP contribution in [0.3, 0.4) is 0 Å². The summed E-state index contributed by atoms with van der Waals surface area (Å²) >= 11 is 0. The van der Waals surface area contributed by atoms with Gasteiger partial charge < -0.3 is 15.7 Å². The van der Waals surface area contributed by atoms with Crippen LogP contribution in [0, 0.1) is 11.3 Å². The number of unbranched alkanes of at least 4 members (excludes halogenated alkanes) is 1. The first-order valence-electron chi connectivity index (χ1n) is 6.89. The third kappa shape index (κ3) is 7.54. The minimum atomic E-state index is -0.238. The molecule has 4 heteroatoms. The molecule has 1 atom stereocenters. The topological polar surface area (TPSA) is 67.8 Å². The zero-order chi connectivity index (χ0) is 14.2. The van der Waals surface area contributed by atoms with Gasteiger partial charge in [0, 0.05) is 12.0 Å². The third-order valence-electron chi connectivity index (χ3n) is 3.20. The number of hydrogen-bond acceptors (Lipinski definition) is 3. The van der Waals surface area contributed by atoms with Crippen LogP contribution in [-0.2, 0) is 4.74 Å². The van der Waals surface area contributed by atoms with Crippen LogP contribution < -0.4 is 5.73 Å². The molecule has 0 aliphatic carbocycles. The van der Waals surface area contributed by atoms with E-state index in [-0.39, 0.29) is 5.41 Å². The first-order chi connectivity index (χ1) is 8.29. The van der Waals surface area contributed by atoms with Crippen LogP contribution in [0.1, 0.15) is 60.3 Å². The van der Waals surface area contributed by atoms with Crippen molar-refractivity contribution in [3.05, 3.63) is 0 Å². The molecule has 4 nitrogen and oxygen atoms in total. The Labute approximate surface area is 112 Å². The highest BCUT2D eigenvalue weighted by molar-refractivity contribution is 5.85. The van der Waals surface area contributed by atoms with Gasteiger partial charge in [-0.05, 0) is 32.1 Å². The second-order valence-corrected chi connectivity index (χ2v) is 6.14. The summed E-state index contributed by atoms with van der Waals surface area (Å²) in [7, 11) is 0. The summed E-state index contributed by atoms with van der Waals surface area (Å²) in [6, 6.07) is 0. The molecule has 3 N–H and O–H groups in total. The maximum Gasteiger partial charge on any atom is 0.144 e. The molecule has 0 spiro atoms. The molecule has 108 valence electrons. The first kappa shape index (κ1) is 17.2. The highest BCUT2D eigenvalue weighted by Crippen LogP contribution is 2.23. The Morgan fingerprint density at radius 2 is 1.89 bits per heavy atom. The van der Waals surface area contributed by atoms with E-state index in [1.807, 2.05) is 13.8 Å². The van der Waals surface area contributed by atoms with Crippen molar-refractivity contribution in [2.24, 2.45) is 22.2 Å². The SMILES string of the molecule is CC(C)CC(C)OCCCCC(C)(C)C(N)=NO. The van der Waals surface area contributed by atoms with E-state index in [4.69, 9.17) is 15.7 Å². The monoisotopic (exact) mass is 258 g/mol. The lowest BCUT2D eigenvalue weighted by Crippen LogP contribution is -2.31. The van der Waals surface area contributed by atoms with Crippen LogP contribution in [-0.4, -0.2) is 23.8 Å². The maximum absolute atomic E-state index is 8.67. The number of nitrogens with zero attached hydrogens (tertiary/aromatic N) is 1. The highest BCUT2D eigenvalue weighted by atomic mass is 16.5. The van der Waals surface area contributed by atoms with Crippen molar-refractivity contribution in [1.82, 2.24) is 0 Å². The molecule has 0 heterocycles. The van der Waals surface area contributed by atoms with Gasteiger partial charge in [0.25, 0.3) is 0 Å². The van der Waals surface area contributed by atoms with E-state index in [0.29, 0.717) is 17.9 Å². The van der Waals surface area contributed by atoms with Gasteiger partial charge in [-0.25, -0.2) is 0 Å². The van der Waals surface area contributed by atoms with Crippen LogP contribution in [0.25, 0.3) is 0 Å². The van der Waals surface area contributed by atoms with Gasteiger partial charge in [-0.15, -0.1) is 0 Å². The molecule has 0 aromatic heterocycles. The number of nitrogens with two attached hydrogens (primary N) is 1. The van der Waals surface area contributed by atoms with Crippen LogP contribution in [0.5, 0.6) is 0 Å². The number of rotatable bonds is 9. The van der Waals surface area contributed by atoms with E-state index in [1.165, 1.54) is 0 Å².